The van der Waals surface area contributed by atoms with E-state index in [1.165, 1.54) is 11.3 Å². The zero-order valence-corrected chi connectivity index (χ0v) is 25.9. The van der Waals surface area contributed by atoms with Crippen molar-refractivity contribution in [1.82, 2.24) is 4.57 Å². The molecule has 0 amide bonds. The molecule has 1 aliphatic rings. The number of ether oxygens (including phenoxy) is 4. The minimum Gasteiger partial charge on any atom is -0.496 e. The Balaban J connectivity index is 1.68. The minimum atomic E-state index is -0.811. The van der Waals surface area contributed by atoms with E-state index in [1.807, 2.05) is 43.3 Å². The van der Waals surface area contributed by atoms with Crippen LogP contribution in [0.2, 0.25) is 0 Å². The van der Waals surface area contributed by atoms with Gasteiger partial charge in [0.1, 0.15) is 17.5 Å². The number of aromatic nitrogens is 1. The summed E-state index contributed by atoms with van der Waals surface area (Å²) in [6.07, 6.45) is 3.07. The van der Waals surface area contributed by atoms with Crippen molar-refractivity contribution >= 4 is 40.1 Å². The Morgan fingerprint density at radius 1 is 0.977 bits per heavy atom. The average Bonchev–Trinajstić information content (AvgIpc) is 3.33. The van der Waals surface area contributed by atoms with Gasteiger partial charge in [0.15, 0.2) is 11.4 Å². The third kappa shape index (κ3) is 6.16. The van der Waals surface area contributed by atoms with Crippen molar-refractivity contribution in [2.45, 2.75) is 39.7 Å². The maximum absolute atomic E-state index is 14.2. The lowest BCUT2D eigenvalue weighted by molar-refractivity contribution is -0.145. The van der Waals surface area contributed by atoms with Gasteiger partial charge in [0.2, 0.25) is 0 Å². The van der Waals surface area contributed by atoms with Crippen LogP contribution in [0.15, 0.2) is 81.7 Å². The number of allylic oxidation sites excluding steroid dienone is 1. The topological polar surface area (TPSA) is 105 Å². The zero-order chi connectivity index (χ0) is 31.2. The third-order valence-corrected chi connectivity index (χ3v) is 8.14. The second kappa shape index (κ2) is 13.7. The van der Waals surface area contributed by atoms with E-state index in [9.17, 15) is 14.4 Å². The fraction of sp³-hybridized carbons (Fsp3) is 0.294. The van der Waals surface area contributed by atoms with E-state index in [1.54, 1.807) is 55.9 Å². The van der Waals surface area contributed by atoms with Crippen LogP contribution < -0.4 is 24.4 Å². The van der Waals surface area contributed by atoms with Gasteiger partial charge in [0.25, 0.3) is 5.56 Å². The largest absolute Gasteiger partial charge is 0.496 e. The van der Waals surface area contributed by atoms with E-state index in [0.717, 1.165) is 22.8 Å². The Morgan fingerprint density at radius 3 is 2.43 bits per heavy atom. The Kier molecular flexibility index (Phi) is 9.59. The molecule has 0 N–H and O–H groups in total. The van der Waals surface area contributed by atoms with Gasteiger partial charge in [-0.3, -0.25) is 9.36 Å². The summed E-state index contributed by atoms with van der Waals surface area (Å²) in [6, 6.07) is 17.9. The van der Waals surface area contributed by atoms with Crippen LogP contribution in [0.1, 0.15) is 50.8 Å². The van der Waals surface area contributed by atoms with Gasteiger partial charge < -0.3 is 18.9 Å². The maximum Gasteiger partial charge on any atom is 0.344 e. The van der Waals surface area contributed by atoms with Crippen molar-refractivity contribution in [2.24, 2.45) is 4.99 Å². The molecule has 0 saturated carbocycles. The molecule has 2 heterocycles. The number of carbonyl (C=O) groups excluding carboxylic acids is 2. The Hall–Kier alpha value is -4.70. The molecule has 0 bridgehead atoms. The van der Waals surface area contributed by atoms with Crippen LogP contribution in [0, 0.1) is 0 Å². The number of nitrogens with zero attached hydrogens (tertiary/aromatic N) is 2. The SMILES string of the molecule is CCCC1=C(C(=O)OCC)[C@H](c2c(OC)ccc3ccccc23)n2c(s/c(=C\c3ccc(OCC(=O)OCC)cc3)c2=O)=N1. The van der Waals surface area contributed by atoms with Crippen molar-refractivity contribution in [1.29, 1.82) is 0 Å². The van der Waals surface area contributed by atoms with Gasteiger partial charge in [-0.05, 0) is 60.9 Å². The second-order valence-electron chi connectivity index (χ2n) is 9.98. The van der Waals surface area contributed by atoms with Crippen LogP contribution in [-0.4, -0.2) is 43.4 Å². The monoisotopic (exact) mass is 614 g/mol. The predicted molar refractivity (Wildman–Crippen MR) is 169 cm³/mol. The van der Waals surface area contributed by atoms with E-state index in [-0.39, 0.29) is 25.4 Å². The molecule has 0 unspecified atom stereocenters. The summed E-state index contributed by atoms with van der Waals surface area (Å²) in [5.41, 5.74) is 2.12. The third-order valence-electron chi connectivity index (χ3n) is 7.16. The predicted octanol–water partition coefficient (Wildman–Crippen LogP) is 4.68. The highest BCUT2D eigenvalue weighted by atomic mass is 32.1. The molecular formula is C34H34N2O7S. The molecule has 1 aromatic heterocycles. The molecule has 10 heteroatoms. The number of hydrogen-bond acceptors (Lipinski definition) is 9. The first kappa shape index (κ1) is 30.7. The summed E-state index contributed by atoms with van der Waals surface area (Å²) < 4.78 is 23.8. The highest BCUT2D eigenvalue weighted by molar-refractivity contribution is 7.07. The lowest BCUT2D eigenvalue weighted by Gasteiger charge is -2.28. The summed E-state index contributed by atoms with van der Waals surface area (Å²) in [7, 11) is 1.58. The Labute approximate surface area is 258 Å². The van der Waals surface area contributed by atoms with Crippen molar-refractivity contribution in [3.05, 3.63) is 103 Å². The maximum atomic E-state index is 14.2. The second-order valence-corrected chi connectivity index (χ2v) is 11.0. The van der Waals surface area contributed by atoms with Gasteiger partial charge in [-0.25, -0.2) is 14.6 Å². The molecule has 0 fully saturated rings. The van der Waals surface area contributed by atoms with E-state index in [4.69, 9.17) is 23.9 Å². The minimum absolute atomic E-state index is 0.186. The number of benzene rings is 3. The molecule has 9 nitrogen and oxygen atoms in total. The number of carbonyl (C=O) groups is 2. The zero-order valence-electron chi connectivity index (χ0n) is 25.1. The van der Waals surface area contributed by atoms with Gasteiger partial charge in [-0.1, -0.05) is 67.1 Å². The summed E-state index contributed by atoms with van der Waals surface area (Å²) >= 11 is 1.26. The summed E-state index contributed by atoms with van der Waals surface area (Å²) in [5, 5.41) is 1.82. The molecule has 0 radical (unpaired) electrons. The lowest BCUT2D eigenvalue weighted by Crippen LogP contribution is -2.40. The van der Waals surface area contributed by atoms with E-state index in [2.05, 4.69) is 0 Å². The molecule has 4 aromatic rings. The van der Waals surface area contributed by atoms with Gasteiger partial charge in [0, 0.05) is 5.56 Å². The molecule has 1 atom stereocenters. The number of hydrogen-bond donors (Lipinski definition) is 0. The molecule has 3 aromatic carbocycles. The normalized spacial score (nSPS) is 14.6. The number of esters is 2. The Morgan fingerprint density at radius 2 is 1.73 bits per heavy atom. The number of fused-ring (bicyclic) bond motifs is 2. The highest BCUT2D eigenvalue weighted by Crippen LogP contribution is 2.41. The molecule has 1 aliphatic heterocycles. The van der Waals surface area contributed by atoms with Crippen molar-refractivity contribution in [2.75, 3.05) is 26.9 Å². The van der Waals surface area contributed by atoms with E-state index < -0.39 is 18.0 Å². The van der Waals surface area contributed by atoms with Crippen molar-refractivity contribution in [3.8, 4) is 11.5 Å². The summed E-state index contributed by atoms with van der Waals surface area (Å²) in [6.45, 7) is 5.80. The number of thiazole rings is 1. The first-order valence-corrected chi connectivity index (χ1v) is 15.4. The van der Waals surface area contributed by atoms with Crippen LogP contribution in [-0.2, 0) is 19.1 Å². The smallest absolute Gasteiger partial charge is 0.344 e. The van der Waals surface area contributed by atoms with E-state index >= 15 is 0 Å². The molecular weight excluding hydrogens is 580 g/mol. The van der Waals surface area contributed by atoms with Crippen LogP contribution in [0.25, 0.3) is 16.8 Å². The van der Waals surface area contributed by atoms with Crippen LogP contribution >= 0.6 is 11.3 Å². The molecule has 0 spiro atoms. The van der Waals surface area contributed by atoms with Crippen LogP contribution in [0.4, 0.5) is 0 Å². The fourth-order valence-electron chi connectivity index (χ4n) is 5.29. The van der Waals surface area contributed by atoms with Gasteiger partial charge >= 0.3 is 11.9 Å². The average molecular weight is 615 g/mol. The quantitative estimate of drug-likeness (QED) is 0.226. The van der Waals surface area contributed by atoms with Crippen molar-refractivity contribution in [3.63, 3.8) is 0 Å². The summed E-state index contributed by atoms with van der Waals surface area (Å²) in [5.74, 6) is 0.108. The fourth-order valence-corrected chi connectivity index (χ4v) is 6.31. The molecule has 5 rings (SSSR count). The standard InChI is InChI=1S/C34H34N2O7S/c1-5-10-25-30(33(39)42-7-3)31(29-24-12-9-8-11-22(24)15-18-26(29)40-4)36-32(38)27(44-34(36)35-25)19-21-13-16-23(17-14-21)43-20-28(37)41-6-2/h8-9,11-19,31H,5-7,10,20H2,1-4H3/b27-19-/t31-/m0/s1. The van der Waals surface area contributed by atoms with Crippen LogP contribution in [0.3, 0.4) is 0 Å². The number of rotatable bonds is 11. The number of methoxy groups -OCH3 is 1. The van der Waals surface area contributed by atoms with Crippen molar-refractivity contribution < 1.29 is 28.5 Å². The van der Waals surface area contributed by atoms with Gasteiger partial charge in [-0.2, -0.15) is 0 Å². The molecule has 228 valence electrons. The van der Waals surface area contributed by atoms with Gasteiger partial charge in [-0.15, -0.1) is 0 Å². The molecule has 0 saturated heterocycles. The highest BCUT2D eigenvalue weighted by Gasteiger charge is 2.37. The lowest BCUT2D eigenvalue weighted by atomic mass is 9.90. The van der Waals surface area contributed by atoms with Crippen LogP contribution in [0.5, 0.6) is 11.5 Å². The summed E-state index contributed by atoms with van der Waals surface area (Å²) in [4.78, 5) is 44.8. The first-order chi connectivity index (χ1) is 21.4. The van der Waals surface area contributed by atoms with Gasteiger partial charge in [0.05, 0.1) is 36.1 Å². The molecule has 44 heavy (non-hydrogen) atoms. The Bertz CT molecular complexity index is 1900. The molecule has 0 aliphatic carbocycles. The van der Waals surface area contributed by atoms with E-state index in [0.29, 0.717) is 44.1 Å². The first-order valence-electron chi connectivity index (χ1n) is 14.6.